The van der Waals surface area contributed by atoms with Crippen molar-refractivity contribution in [1.29, 1.82) is 0 Å². The van der Waals surface area contributed by atoms with Crippen LogP contribution < -0.4 is 4.90 Å². The van der Waals surface area contributed by atoms with Crippen molar-refractivity contribution in [3.63, 3.8) is 0 Å². The molecule has 1 saturated heterocycles. The van der Waals surface area contributed by atoms with Gasteiger partial charge in [0.1, 0.15) is 6.04 Å². The molecular formula is C18H29NO5Si. The molecule has 0 amide bonds. The molecule has 1 fully saturated rings. The molecule has 0 bridgehead atoms. The minimum atomic E-state index is -2.65. The van der Waals surface area contributed by atoms with E-state index in [4.69, 9.17) is 18.0 Å². The standard InChI is InChI=1S/C18H29NO5Si/c1-4-22-25(23-5-2,24-6-3)14-10-13-21-18(20)17-15-19(17)16-11-8-7-9-12-16/h7-9,11-12,17H,4-6,10,13-15H2,1-3H3. The molecule has 0 radical (unpaired) electrons. The second kappa shape index (κ2) is 9.91. The van der Waals surface area contributed by atoms with Crippen LogP contribution in [-0.4, -0.2) is 53.8 Å². The van der Waals surface area contributed by atoms with Crippen LogP contribution in [0.5, 0.6) is 0 Å². The van der Waals surface area contributed by atoms with Crippen molar-refractivity contribution in [2.45, 2.75) is 39.3 Å². The van der Waals surface area contributed by atoms with Crippen molar-refractivity contribution >= 4 is 20.5 Å². The summed E-state index contributed by atoms with van der Waals surface area (Å²) in [6.45, 7) is 8.56. The van der Waals surface area contributed by atoms with Gasteiger partial charge in [0.05, 0.1) is 13.2 Å². The second-order valence-electron chi connectivity index (χ2n) is 5.76. The largest absolute Gasteiger partial charge is 0.501 e. The number of anilines is 1. The van der Waals surface area contributed by atoms with Crippen LogP contribution in [0.4, 0.5) is 5.69 Å². The lowest BCUT2D eigenvalue weighted by Crippen LogP contribution is -2.46. The minimum absolute atomic E-state index is 0.157. The van der Waals surface area contributed by atoms with Gasteiger partial charge in [-0.3, -0.25) is 0 Å². The van der Waals surface area contributed by atoms with Crippen molar-refractivity contribution in [3.05, 3.63) is 30.3 Å². The van der Waals surface area contributed by atoms with Crippen LogP contribution >= 0.6 is 0 Å². The quantitative estimate of drug-likeness (QED) is 0.245. The summed E-state index contributed by atoms with van der Waals surface area (Å²) < 4.78 is 22.8. The third kappa shape index (κ3) is 5.81. The number of rotatable bonds is 12. The summed E-state index contributed by atoms with van der Waals surface area (Å²) in [7, 11) is -2.65. The third-order valence-electron chi connectivity index (χ3n) is 3.94. The first-order valence-corrected chi connectivity index (χ1v) is 11.0. The number of nitrogens with zero attached hydrogens (tertiary/aromatic N) is 1. The van der Waals surface area contributed by atoms with Gasteiger partial charge >= 0.3 is 14.8 Å². The molecule has 1 atom stereocenters. The first-order chi connectivity index (χ1) is 12.2. The first kappa shape index (κ1) is 19.9. The molecule has 1 heterocycles. The zero-order valence-corrected chi connectivity index (χ0v) is 16.4. The predicted molar refractivity (Wildman–Crippen MR) is 98.6 cm³/mol. The molecule has 2 rings (SSSR count). The molecule has 140 valence electrons. The lowest BCUT2D eigenvalue weighted by atomic mass is 10.3. The fourth-order valence-corrected chi connectivity index (χ4v) is 5.38. The number of hydrogen-bond acceptors (Lipinski definition) is 6. The molecule has 1 aromatic carbocycles. The van der Waals surface area contributed by atoms with Gasteiger partial charge in [0.25, 0.3) is 0 Å². The molecule has 0 aromatic heterocycles. The summed E-state index contributed by atoms with van der Waals surface area (Å²) in [5, 5.41) is 0. The lowest BCUT2D eigenvalue weighted by molar-refractivity contribution is -0.142. The van der Waals surface area contributed by atoms with Gasteiger partial charge in [0, 0.05) is 31.6 Å². The van der Waals surface area contributed by atoms with E-state index in [0.717, 1.165) is 12.2 Å². The van der Waals surface area contributed by atoms with E-state index in [2.05, 4.69) is 0 Å². The molecule has 25 heavy (non-hydrogen) atoms. The highest BCUT2D eigenvalue weighted by Gasteiger charge is 2.42. The molecule has 0 spiro atoms. The van der Waals surface area contributed by atoms with Crippen molar-refractivity contribution in [2.24, 2.45) is 0 Å². The van der Waals surface area contributed by atoms with Gasteiger partial charge < -0.3 is 22.9 Å². The SMILES string of the molecule is CCO[Si](CCCOC(=O)C1CN1c1ccccc1)(OCC)OCC. The van der Waals surface area contributed by atoms with Gasteiger partial charge in [-0.25, -0.2) is 4.79 Å². The lowest BCUT2D eigenvalue weighted by Gasteiger charge is -2.28. The predicted octanol–water partition coefficient (Wildman–Crippen LogP) is 2.86. The zero-order chi connectivity index (χ0) is 18.1. The Morgan fingerprint density at radius 3 is 2.24 bits per heavy atom. The molecular weight excluding hydrogens is 338 g/mol. The summed E-state index contributed by atoms with van der Waals surface area (Å²) in [6, 6.07) is 10.4. The molecule has 6 nitrogen and oxygen atoms in total. The average Bonchev–Trinajstić information content (AvgIpc) is 3.41. The highest BCUT2D eigenvalue weighted by atomic mass is 28.4. The van der Waals surface area contributed by atoms with Crippen LogP contribution in [0.1, 0.15) is 27.2 Å². The fraction of sp³-hybridized carbons (Fsp3) is 0.611. The van der Waals surface area contributed by atoms with E-state index >= 15 is 0 Å². The summed E-state index contributed by atoms with van der Waals surface area (Å²) in [5.74, 6) is -0.166. The minimum Gasteiger partial charge on any atom is -0.464 e. The van der Waals surface area contributed by atoms with E-state index in [1.54, 1.807) is 0 Å². The van der Waals surface area contributed by atoms with Crippen molar-refractivity contribution in [1.82, 2.24) is 0 Å². The molecule has 0 saturated carbocycles. The molecule has 1 aliphatic heterocycles. The van der Waals surface area contributed by atoms with Gasteiger partial charge in [-0.2, -0.15) is 0 Å². The maximum Gasteiger partial charge on any atom is 0.501 e. The highest BCUT2D eigenvalue weighted by molar-refractivity contribution is 6.60. The Morgan fingerprint density at radius 2 is 1.68 bits per heavy atom. The second-order valence-corrected chi connectivity index (χ2v) is 8.49. The van der Waals surface area contributed by atoms with Crippen molar-refractivity contribution < 1.29 is 22.8 Å². The van der Waals surface area contributed by atoms with E-state index in [-0.39, 0.29) is 12.0 Å². The summed E-state index contributed by atoms with van der Waals surface area (Å²) in [6.07, 6.45) is 0.677. The molecule has 7 heteroatoms. The number of carbonyl (C=O) groups is 1. The Balaban J connectivity index is 1.73. The smallest absolute Gasteiger partial charge is 0.464 e. The van der Waals surface area contributed by atoms with Crippen LogP contribution in [0, 0.1) is 0 Å². The Hall–Kier alpha value is -1.41. The molecule has 0 aliphatic carbocycles. The summed E-state index contributed by atoms with van der Waals surface area (Å²) >= 11 is 0. The van der Waals surface area contributed by atoms with Gasteiger partial charge in [-0.15, -0.1) is 0 Å². The maximum atomic E-state index is 12.1. The molecule has 1 aromatic rings. The molecule has 1 unspecified atom stereocenters. The molecule has 0 N–H and O–H groups in total. The van der Waals surface area contributed by atoms with E-state index in [0.29, 0.717) is 38.9 Å². The van der Waals surface area contributed by atoms with Crippen LogP contribution in [0.3, 0.4) is 0 Å². The average molecular weight is 368 g/mol. The monoisotopic (exact) mass is 367 g/mol. The Morgan fingerprint density at radius 1 is 1.08 bits per heavy atom. The Labute approximate surface area is 151 Å². The van der Waals surface area contributed by atoms with Crippen LogP contribution in [0.2, 0.25) is 6.04 Å². The molecule has 1 aliphatic rings. The first-order valence-electron chi connectivity index (χ1n) is 9.06. The van der Waals surface area contributed by atoms with E-state index in [9.17, 15) is 4.79 Å². The maximum absolute atomic E-state index is 12.1. The highest BCUT2D eigenvalue weighted by Crippen LogP contribution is 2.28. The summed E-state index contributed by atoms with van der Waals surface area (Å²) in [5.41, 5.74) is 1.06. The van der Waals surface area contributed by atoms with E-state index in [1.807, 2.05) is 56.0 Å². The number of esters is 1. The van der Waals surface area contributed by atoms with Gasteiger partial charge in [0.2, 0.25) is 0 Å². The van der Waals surface area contributed by atoms with Gasteiger partial charge in [-0.1, -0.05) is 18.2 Å². The van der Waals surface area contributed by atoms with Crippen molar-refractivity contribution in [3.8, 4) is 0 Å². The number of para-hydroxylation sites is 1. The van der Waals surface area contributed by atoms with Crippen LogP contribution in [0.15, 0.2) is 30.3 Å². The number of benzene rings is 1. The summed E-state index contributed by atoms with van der Waals surface area (Å²) in [4.78, 5) is 14.2. The normalized spacial score (nSPS) is 16.8. The topological polar surface area (TPSA) is 57.0 Å². The Kier molecular flexibility index (Phi) is 7.89. The van der Waals surface area contributed by atoms with Crippen LogP contribution in [0.25, 0.3) is 0 Å². The van der Waals surface area contributed by atoms with Gasteiger partial charge in [0.15, 0.2) is 0 Å². The van der Waals surface area contributed by atoms with E-state index < -0.39 is 8.80 Å². The number of hydrogen-bond donors (Lipinski definition) is 0. The van der Waals surface area contributed by atoms with Crippen molar-refractivity contribution in [2.75, 3.05) is 37.9 Å². The van der Waals surface area contributed by atoms with E-state index in [1.165, 1.54) is 0 Å². The third-order valence-corrected chi connectivity index (χ3v) is 7.09. The van der Waals surface area contributed by atoms with Gasteiger partial charge in [-0.05, 0) is 39.3 Å². The Bertz CT molecular complexity index is 510. The number of ether oxygens (including phenoxy) is 1. The zero-order valence-electron chi connectivity index (χ0n) is 15.4. The fourth-order valence-electron chi connectivity index (χ4n) is 2.80. The number of carbonyl (C=O) groups excluding carboxylic acids is 1. The van der Waals surface area contributed by atoms with Crippen LogP contribution in [-0.2, 0) is 22.8 Å².